The average Bonchev–Trinajstić information content (AvgIpc) is 2.63. The molecule has 0 saturated carbocycles. The van der Waals surface area contributed by atoms with Crippen molar-refractivity contribution in [2.75, 3.05) is 19.5 Å². The van der Waals surface area contributed by atoms with E-state index >= 15 is 0 Å². The largest absolute Gasteiger partial charge is 0.493 e. The topological polar surface area (TPSA) is 73.9 Å². The number of halogens is 1. The molecule has 1 amide bonds. The summed E-state index contributed by atoms with van der Waals surface area (Å²) in [5.74, 6) is -0.209. The van der Waals surface area contributed by atoms with Gasteiger partial charge in [-0.25, -0.2) is 4.79 Å². The molecule has 0 heterocycles. The minimum absolute atomic E-state index is 0.319. The SMILES string of the molecule is COC(=O)c1ccc(O[C@H](C)C(=O)Nc2ccccc2Cl)c(OC)c1. The number of amides is 1. The smallest absolute Gasteiger partial charge is 0.337 e. The standard InChI is InChI=1S/C18H18ClNO5/c1-11(17(21)20-14-7-5-4-6-13(14)19)25-15-9-8-12(18(22)24-3)10-16(15)23-2/h4-11H,1-3H3,(H,20,21)/t11-/m1/s1. The van der Waals surface area contributed by atoms with Gasteiger partial charge in [0.1, 0.15) is 0 Å². The Bertz CT molecular complexity index is 778. The second kappa shape index (κ2) is 8.39. The van der Waals surface area contributed by atoms with Crippen LogP contribution in [0.5, 0.6) is 11.5 Å². The van der Waals surface area contributed by atoms with Gasteiger partial charge in [0.15, 0.2) is 17.6 Å². The van der Waals surface area contributed by atoms with E-state index in [0.717, 1.165) is 0 Å². The Hall–Kier alpha value is -2.73. The van der Waals surface area contributed by atoms with Gasteiger partial charge in [-0.1, -0.05) is 23.7 Å². The Balaban J connectivity index is 2.11. The van der Waals surface area contributed by atoms with Gasteiger partial charge in [0.25, 0.3) is 5.91 Å². The number of hydrogen-bond donors (Lipinski definition) is 1. The summed E-state index contributed by atoms with van der Waals surface area (Å²) in [7, 11) is 2.73. The lowest BCUT2D eigenvalue weighted by Crippen LogP contribution is -2.30. The number of anilines is 1. The van der Waals surface area contributed by atoms with E-state index in [2.05, 4.69) is 10.1 Å². The third-order valence-electron chi connectivity index (χ3n) is 3.39. The quantitative estimate of drug-likeness (QED) is 0.794. The van der Waals surface area contributed by atoms with E-state index < -0.39 is 12.1 Å². The number of nitrogens with one attached hydrogen (secondary N) is 1. The van der Waals surface area contributed by atoms with Gasteiger partial charge >= 0.3 is 5.97 Å². The molecule has 0 aliphatic heterocycles. The zero-order valence-electron chi connectivity index (χ0n) is 14.0. The van der Waals surface area contributed by atoms with Crippen LogP contribution >= 0.6 is 11.6 Å². The van der Waals surface area contributed by atoms with Gasteiger partial charge in [-0.3, -0.25) is 4.79 Å². The predicted molar refractivity (Wildman–Crippen MR) is 94.5 cm³/mol. The summed E-state index contributed by atoms with van der Waals surface area (Å²) >= 11 is 6.02. The van der Waals surface area contributed by atoms with Crippen LogP contribution < -0.4 is 14.8 Å². The maximum Gasteiger partial charge on any atom is 0.337 e. The third-order valence-corrected chi connectivity index (χ3v) is 3.72. The molecule has 0 aromatic heterocycles. The highest BCUT2D eigenvalue weighted by atomic mass is 35.5. The van der Waals surface area contributed by atoms with E-state index in [1.54, 1.807) is 37.3 Å². The first kappa shape index (κ1) is 18.6. The van der Waals surface area contributed by atoms with Crippen LogP contribution in [-0.4, -0.2) is 32.2 Å². The summed E-state index contributed by atoms with van der Waals surface area (Å²) in [5.41, 5.74) is 0.817. The summed E-state index contributed by atoms with van der Waals surface area (Å²) in [6.45, 7) is 1.60. The molecule has 0 unspecified atom stereocenters. The third kappa shape index (κ3) is 4.64. The van der Waals surface area contributed by atoms with Crippen molar-refractivity contribution in [3.63, 3.8) is 0 Å². The van der Waals surface area contributed by atoms with E-state index in [-0.39, 0.29) is 5.91 Å². The predicted octanol–water partition coefficient (Wildman–Crippen LogP) is 3.54. The van der Waals surface area contributed by atoms with Crippen molar-refractivity contribution in [3.8, 4) is 11.5 Å². The van der Waals surface area contributed by atoms with Gasteiger partial charge in [0, 0.05) is 0 Å². The second-order valence-electron chi connectivity index (χ2n) is 5.09. The lowest BCUT2D eigenvalue weighted by molar-refractivity contribution is -0.122. The molecule has 0 bridgehead atoms. The molecule has 0 radical (unpaired) electrons. The molecule has 1 atom stereocenters. The highest BCUT2D eigenvalue weighted by molar-refractivity contribution is 6.33. The molecular weight excluding hydrogens is 346 g/mol. The molecule has 0 fully saturated rings. The van der Waals surface area contributed by atoms with Crippen LogP contribution in [0.2, 0.25) is 5.02 Å². The van der Waals surface area contributed by atoms with E-state index in [0.29, 0.717) is 27.8 Å². The van der Waals surface area contributed by atoms with Crippen molar-refractivity contribution in [2.24, 2.45) is 0 Å². The first-order chi connectivity index (χ1) is 12.0. The zero-order chi connectivity index (χ0) is 18.4. The Morgan fingerprint density at radius 3 is 2.44 bits per heavy atom. The molecule has 6 nitrogen and oxygen atoms in total. The number of ether oxygens (including phenoxy) is 3. The molecule has 2 rings (SSSR count). The number of hydrogen-bond acceptors (Lipinski definition) is 5. The van der Waals surface area contributed by atoms with Crippen LogP contribution in [0.15, 0.2) is 42.5 Å². The molecular formula is C18H18ClNO5. The fourth-order valence-electron chi connectivity index (χ4n) is 2.05. The number of methoxy groups -OCH3 is 2. The summed E-state index contributed by atoms with van der Waals surface area (Å²) in [6.07, 6.45) is -0.811. The zero-order valence-corrected chi connectivity index (χ0v) is 14.8. The van der Waals surface area contributed by atoms with Crippen LogP contribution in [0, 0.1) is 0 Å². The van der Waals surface area contributed by atoms with Crippen molar-refractivity contribution in [1.29, 1.82) is 0 Å². The second-order valence-corrected chi connectivity index (χ2v) is 5.49. The average molecular weight is 364 g/mol. The summed E-state index contributed by atoms with van der Waals surface area (Å²) < 4.78 is 15.5. The van der Waals surface area contributed by atoms with Crippen LogP contribution in [0.4, 0.5) is 5.69 Å². The van der Waals surface area contributed by atoms with Gasteiger partial charge in [-0.15, -0.1) is 0 Å². The molecule has 132 valence electrons. The first-order valence-electron chi connectivity index (χ1n) is 7.44. The van der Waals surface area contributed by atoms with Gasteiger partial charge in [0.05, 0.1) is 30.5 Å². The van der Waals surface area contributed by atoms with E-state index in [9.17, 15) is 9.59 Å². The minimum atomic E-state index is -0.811. The molecule has 25 heavy (non-hydrogen) atoms. The number of rotatable bonds is 6. The summed E-state index contributed by atoms with van der Waals surface area (Å²) in [4.78, 5) is 23.8. The van der Waals surface area contributed by atoms with E-state index in [1.165, 1.54) is 26.4 Å². The highest BCUT2D eigenvalue weighted by Gasteiger charge is 2.19. The molecule has 0 aliphatic carbocycles. The lowest BCUT2D eigenvalue weighted by Gasteiger charge is -2.17. The summed E-state index contributed by atoms with van der Waals surface area (Å²) in [5, 5.41) is 3.13. The fourth-order valence-corrected chi connectivity index (χ4v) is 2.23. The van der Waals surface area contributed by atoms with Gasteiger partial charge < -0.3 is 19.5 Å². The first-order valence-corrected chi connectivity index (χ1v) is 7.82. The maximum absolute atomic E-state index is 12.3. The Morgan fingerprint density at radius 2 is 1.80 bits per heavy atom. The number of carbonyl (C=O) groups excluding carboxylic acids is 2. The monoisotopic (exact) mass is 363 g/mol. The van der Waals surface area contributed by atoms with E-state index in [1.807, 2.05) is 0 Å². The molecule has 7 heteroatoms. The maximum atomic E-state index is 12.3. The summed E-state index contributed by atoms with van der Waals surface area (Å²) in [6, 6.07) is 11.5. The van der Waals surface area contributed by atoms with Crippen LogP contribution in [-0.2, 0) is 9.53 Å². The Morgan fingerprint density at radius 1 is 1.08 bits per heavy atom. The van der Waals surface area contributed by atoms with Crippen LogP contribution in [0.1, 0.15) is 17.3 Å². The van der Waals surface area contributed by atoms with Crippen LogP contribution in [0.3, 0.4) is 0 Å². The number of benzene rings is 2. The van der Waals surface area contributed by atoms with Crippen molar-refractivity contribution < 1.29 is 23.8 Å². The lowest BCUT2D eigenvalue weighted by atomic mass is 10.2. The van der Waals surface area contributed by atoms with Crippen molar-refractivity contribution in [1.82, 2.24) is 0 Å². The molecule has 2 aromatic carbocycles. The molecule has 1 N–H and O–H groups in total. The highest BCUT2D eigenvalue weighted by Crippen LogP contribution is 2.29. The number of carbonyl (C=O) groups is 2. The van der Waals surface area contributed by atoms with Gasteiger partial charge in [0.2, 0.25) is 0 Å². The molecule has 2 aromatic rings. The normalized spacial score (nSPS) is 11.4. The Kier molecular flexibility index (Phi) is 6.25. The molecule has 0 saturated heterocycles. The molecule has 0 aliphatic rings. The van der Waals surface area contributed by atoms with E-state index in [4.69, 9.17) is 21.1 Å². The van der Waals surface area contributed by atoms with Gasteiger partial charge in [-0.2, -0.15) is 0 Å². The van der Waals surface area contributed by atoms with Crippen LogP contribution in [0.25, 0.3) is 0 Å². The number of para-hydroxylation sites is 1. The van der Waals surface area contributed by atoms with Gasteiger partial charge in [-0.05, 0) is 37.3 Å². The number of esters is 1. The minimum Gasteiger partial charge on any atom is -0.493 e. The van der Waals surface area contributed by atoms with Crippen molar-refractivity contribution in [3.05, 3.63) is 53.1 Å². The van der Waals surface area contributed by atoms with Crippen molar-refractivity contribution >= 4 is 29.2 Å². The fraction of sp³-hybridized carbons (Fsp3) is 0.222. The Labute approximate surface area is 150 Å². The molecule has 0 spiro atoms. The van der Waals surface area contributed by atoms with Crippen molar-refractivity contribution in [2.45, 2.75) is 13.0 Å².